The molecule has 0 bridgehead atoms. The highest BCUT2D eigenvalue weighted by Gasteiger charge is 2.27. The molecule has 1 aromatic rings. The van der Waals surface area contributed by atoms with E-state index in [0.717, 1.165) is 31.9 Å². The van der Waals surface area contributed by atoms with Crippen molar-refractivity contribution in [1.82, 2.24) is 14.7 Å². The van der Waals surface area contributed by atoms with Gasteiger partial charge in [-0.15, -0.1) is 0 Å². The number of piperidine rings is 1. The second-order valence-electron chi connectivity index (χ2n) is 6.78. The summed E-state index contributed by atoms with van der Waals surface area (Å²) in [6.07, 6.45) is 2.50. The lowest BCUT2D eigenvalue weighted by atomic mass is 10.0. The highest BCUT2D eigenvalue weighted by Crippen LogP contribution is 2.20. The minimum Gasteiger partial charge on any atom is -0.375 e. The number of carbonyl (C=O) groups excluding carboxylic acids is 1. The third kappa shape index (κ3) is 4.41. The van der Waals surface area contributed by atoms with E-state index in [1.807, 2.05) is 29.2 Å². The van der Waals surface area contributed by atoms with Gasteiger partial charge in [0.05, 0.1) is 17.3 Å². The molecule has 6 heteroatoms. The summed E-state index contributed by atoms with van der Waals surface area (Å²) < 4.78 is 0. The lowest BCUT2D eigenvalue weighted by Gasteiger charge is -2.42. The summed E-state index contributed by atoms with van der Waals surface area (Å²) >= 11 is 6.11. The SMILES string of the molecule is CN1CCC(N2CCN(C(=O)CNc3ccccc3Cl)CC2)CC1. The standard InChI is InChI=1S/C18H27ClN4O/c1-21-8-6-15(7-9-21)22-10-12-23(13-11-22)18(24)14-20-17-5-3-2-4-16(17)19/h2-5,15,20H,6-14H2,1H3. The Bertz CT molecular complexity index is 552. The fraction of sp³-hybridized carbons (Fsp3) is 0.611. The van der Waals surface area contributed by atoms with Crippen LogP contribution in [0.15, 0.2) is 24.3 Å². The number of carbonyl (C=O) groups is 1. The Morgan fingerprint density at radius 2 is 1.79 bits per heavy atom. The topological polar surface area (TPSA) is 38.8 Å². The summed E-state index contributed by atoms with van der Waals surface area (Å²) in [5.41, 5.74) is 0.817. The quantitative estimate of drug-likeness (QED) is 0.901. The summed E-state index contributed by atoms with van der Waals surface area (Å²) in [5, 5.41) is 3.80. The van der Waals surface area contributed by atoms with Crippen molar-refractivity contribution in [2.24, 2.45) is 0 Å². The van der Waals surface area contributed by atoms with Gasteiger partial charge >= 0.3 is 0 Å². The summed E-state index contributed by atoms with van der Waals surface area (Å²) in [6.45, 7) is 6.32. The first kappa shape index (κ1) is 17.5. The normalized spacial score (nSPS) is 21.0. The van der Waals surface area contributed by atoms with E-state index < -0.39 is 0 Å². The van der Waals surface area contributed by atoms with Crippen molar-refractivity contribution in [2.75, 3.05) is 58.2 Å². The first-order valence-electron chi connectivity index (χ1n) is 8.82. The molecule has 0 radical (unpaired) electrons. The zero-order chi connectivity index (χ0) is 16.9. The van der Waals surface area contributed by atoms with Crippen molar-refractivity contribution < 1.29 is 4.79 Å². The molecule has 0 aliphatic carbocycles. The van der Waals surface area contributed by atoms with Crippen LogP contribution in [0.5, 0.6) is 0 Å². The molecule has 2 aliphatic rings. The minimum absolute atomic E-state index is 0.151. The third-order valence-corrected chi connectivity index (χ3v) is 5.50. The highest BCUT2D eigenvalue weighted by atomic mass is 35.5. The molecule has 0 saturated carbocycles. The maximum Gasteiger partial charge on any atom is 0.241 e. The summed E-state index contributed by atoms with van der Waals surface area (Å²) in [7, 11) is 2.19. The van der Waals surface area contributed by atoms with Crippen LogP contribution in [0.3, 0.4) is 0 Å². The van der Waals surface area contributed by atoms with Crippen molar-refractivity contribution in [3.05, 3.63) is 29.3 Å². The molecule has 2 heterocycles. The van der Waals surface area contributed by atoms with Crippen LogP contribution in [0.1, 0.15) is 12.8 Å². The molecule has 0 atom stereocenters. The van der Waals surface area contributed by atoms with Crippen LogP contribution in [0, 0.1) is 0 Å². The van der Waals surface area contributed by atoms with Crippen molar-refractivity contribution in [3.63, 3.8) is 0 Å². The molecule has 5 nitrogen and oxygen atoms in total. The zero-order valence-corrected chi connectivity index (χ0v) is 15.1. The van der Waals surface area contributed by atoms with Gasteiger partial charge in [-0.1, -0.05) is 23.7 Å². The van der Waals surface area contributed by atoms with Crippen molar-refractivity contribution in [1.29, 1.82) is 0 Å². The molecule has 2 aliphatic heterocycles. The van der Waals surface area contributed by atoms with Gasteiger partial charge in [0.25, 0.3) is 0 Å². The number of rotatable bonds is 4. The zero-order valence-electron chi connectivity index (χ0n) is 14.4. The molecule has 3 rings (SSSR count). The van der Waals surface area contributed by atoms with Gasteiger partial charge in [0.2, 0.25) is 5.91 Å². The number of nitrogens with zero attached hydrogens (tertiary/aromatic N) is 3. The predicted molar refractivity (Wildman–Crippen MR) is 98.6 cm³/mol. The third-order valence-electron chi connectivity index (χ3n) is 5.18. The minimum atomic E-state index is 0.151. The molecular weight excluding hydrogens is 324 g/mol. The van der Waals surface area contributed by atoms with E-state index in [1.165, 1.54) is 25.9 Å². The fourth-order valence-electron chi connectivity index (χ4n) is 3.58. The fourth-order valence-corrected chi connectivity index (χ4v) is 3.79. The van der Waals surface area contributed by atoms with Crippen LogP contribution in [0.4, 0.5) is 5.69 Å². The van der Waals surface area contributed by atoms with Crippen LogP contribution < -0.4 is 5.32 Å². The van der Waals surface area contributed by atoms with Crippen LogP contribution in [0.25, 0.3) is 0 Å². The molecule has 0 aromatic heterocycles. The van der Waals surface area contributed by atoms with Crippen LogP contribution in [-0.2, 0) is 4.79 Å². The number of para-hydroxylation sites is 1. The van der Waals surface area contributed by atoms with Gasteiger partial charge in [-0.3, -0.25) is 9.69 Å². The number of benzene rings is 1. The molecule has 2 saturated heterocycles. The Hall–Kier alpha value is -1.30. The van der Waals surface area contributed by atoms with Gasteiger partial charge in [0.15, 0.2) is 0 Å². The lowest BCUT2D eigenvalue weighted by Crippen LogP contribution is -2.54. The van der Waals surface area contributed by atoms with Crippen LogP contribution >= 0.6 is 11.6 Å². The molecule has 0 unspecified atom stereocenters. The Morgan fingerprint density at radius 3 is 2.46 bits per heavy atom. The van der Waals surface area contributed by atoms with E-state index in [1.54, 1.807) is 0 Å². The summed E-state index contributed by atoms with van der Waals surface area (Å²) in [4.78, 5) is 19.3. The Labute approximate surface area is 149 Å². The van der Waals surface area contributed by atoms with Gasteiger partial charge in [0, 0.05) is 32.2 Å². The average Bonchev–Trinajstić information content (AvgIpc) is 2.62. The average molecular weight is 351 g/mol. The number of likely N-dealkylation sites (tertiary alicyclic amines) is 1. The van der Waals surface area contributed by atoms with Crippen molar-refractivity contribution >= 4 is 23.2 Å². The smallest absolute Gasteiger partial charge is 0.241 e. The van der Waals surface area contributed by atoms with Gasteiger partial charge in [-0.2, -0.15) is 0 Å². The van der Waals surface area contributed by atoms with Gasteiger partial charge in [-0.25, -0.2) is 0 Å². The molecule has 24 heavy (non-hydrogen) atoms. The number of hydrogen-bond donors (Lipinski definition) is 1. The van der Waals surface area contributed by atoms with Crippen molar-refractivity contribution in [3.8, 4) is 0 Å². The number of amides is 1. The molecule has 1 amide bonds. The van der Waals surface area contributed by atoms with Crippen LogP contribution in [0.2, 0.25) is 5.02 Å². The number of hydrogen-bond acceptors (Lipinski definition) is 4. The van der Waals surface area contributed by atoms with E-state index in [0.29, 0.717) is 17.6 Å². The largest absolute Gasteiger partial charge is 0.375 e. The van der Waals surface area contributed by atoms with E-state index in [9.17, 15) is 4.79 Å². The molecule has 2 fully saturated rings. The monoisotopic (exact) mass is 350 g/mol. The van der Waals surface area contributed by atoms with Crippen LogP contribution in [-0.4, -0.2) is 79.5 Å². The van der Waals surface area contributed by atoms with E-state index in [-0.39, 0.29) is 5.91 Å². The Morgan fingerprint density at radius 1 is 1.12 bits per heavy atom. The second kappa shape index (κ2) is 8.19. The molecular formula is C18H27ClN4O. The maximum absolute atomic E-state index is 12.4. The van der Waals surface area contributed by atoms with E-state index in [4.69, 9.17) is 11.6 Å². The highest BCUT2D eigenvalue weighted by molar-refractivity contribution is 6.33. The summed E-state index contributed by atoms with van der Waals surface area (Å²) in [5.74, 6) is 0.151. The Kier molecular flexibility index (Phi) is 5.98. The molecule has 1 aromatic carbocycles. The predicted octanol–water partition coefficient (Wildman–Crippen LogP) is 1.99. The summed E-state index contributed by atoms with van der Waals surface area (Å²) in [6, 6.07) is 8.22. The van der Waals surface area contributed by atoms with Crippen molar-refractivity contribution in [2.45, 2.75) is 18.9 Å². The van der Waals surface area contributed by atoms with E-state index >= 15 is 0 Å². The first-order valence-corrected chi connectivity index (χ1v) is 9.20. The number of anilines is 1. The number of halogens is 1. The lowest BCUT2D eigenvalue weighted by molar-refractivity contribution is -0.131. The van der Waals surface area contributed by atoms with Gasteiger partial charge < -0.3 is 15.1 Å². The Balaban J connectivity index is 1.43. The van der Waals surface area contributed by atoms with E-state index in [2.05, 4.69) is 22.2 Å². The number of nitrogens with one attached hydrogen (secondary N) is 1. The maximum atomic E-state index is 12.4. The van der Waals surface area contributed by atoms with Gasteiger partial charge in [-0.05, 0) is 45.1 Å². The number of piperazine rings is 1. The molecule has 1 N–H and O–H groups in total. The van der Waals surface area contributed by atoms with Gasteiger partial charge in [0.1, 0.15) is 0 Å². The molecule has 0 spiro atoms. The molecule has 132 valence electrons. The second-order valence-corrected chi connectivity index (χ2v) is 7.19. The first-order chi connectivity index (χ1) is 11.6.